The Morgan fingerprint density at radius 1 is 0.923 bits per heavy atom. The molecule has 200 valence electrons. The summed E-state index contributed by atoms with van der Waals surface area (Å²) >= 11 is 3.31. The van der Waals surface area contributed by atoms with Crippen molar-refractivity contribution in [1.29, 1.82) is 0 Å². The summed E-state index contributed by atoms with van der Waals surface area (Å²) in [4.78, 5) is 56.0. The van der Waals surface area contributed by atoms with E-state index in [1.165, 1.54) is 9.80 Å². The van der Waals surface area contributed by atoms with E-state index in [0.717, 1.165) is 18.2 Å². The van der Waals surface area contributed by atoms with Crippen LogP contribution in [-0.2, 0) is 16.0 Å². The lowest BCUT2D eigenvalue weighted by Crippen LogP contribution is -2.53. The highest BCUT2D eigenvalue weighted by Gasteiger charge is 2.52. The second-order valence-corrected chi connectivity index (χ2v) is 10.5. The first-order valence-electron chi connectivity index (χ1n) is 12.4. The normalized spacial score (nSPS) is 19.1. The Labute approximate surface area is 231 Å². The molecule has 0 aromatic heterocycles. The molecular formula is C29H24BrF2N3O4. The van der Waals surface area contributed by atoms with Crippen LogP contribution in [0, 0.1) is 11.6 Å². The van der Waals surface area contributed by atoms with Gasteiger partial charge in [0.1, 0.15) is 23.7 Å². The van der Waals surface area contributed by atoms with E-state index in [9.17, 15) is 28.0 Å². The van der Waals surface area contributed by atoms with E-state index < -0.39 is 41.6 Å². The minimum absolute atomic E-state index is 0.128. The highest BCUT2D eigenvalue weighted by atomic mass is 79.9. The van der Waals surface area contributed by atoms with E-state index in [4.69, 9.17) is 0 Å². The van der Waals surface area contributed by atoms with Gasteiger partial charge in [0.25, 0.3) is 11.8 Å². The summed E-state index contributed by atoms with van der Waals surface area (Å²) < 4.78 is 28.5. The summed E-state index contributed by atoms with van der Waals surface area (Å²) in [5.41, 5.74) is 0.904. The highest BCUT2D eigenvalue weighted by Crippen LogP contribution is 2.31. The molecule has 2 aliphatic rings. The van der Waals surface area contributed by atoms with Crippen LogP contribution in [0.4, 0.5) is 8.78 Å². The van der Waals surface area contributed by atoms with Crippen LogP contribution >= 0.6 is 15.9 Å². The number of hydrogen-bond donors (Lipinski definition) is 1. The number of Topliss-reactive ketones (excluding diaryl/α,β-unsaturated/α-hetero) is 1. The van der Waals surface area contributed by atoms with Gasteiger partial charge >= 0.3 is 0 Å². The van der Waals surface area contributed by atoms with Gasteiger partial charge in [0.2, 0.25) is 5.91 Å². The van der Waals surface area contributed by atoms with Crippen molar-refractivity contribution < 1.29 is 28.0 Å². The van der Waals surface area contributed by atoms with Gasteiger partial charge in [0, 0.05) is 34.6 Å². The lowest BCUT2D eigenvalue weighted by Gasteiger charge is -2.28. The fourth-order valence-electron chi connectivity index (χ4n) is 5.32. The number of halogens is 3. The van der Waals surface area contributed by atoms with Gasteiger partial charge in [-0.05, 0) is 54.4 Å². The van der Waals surface area contributed by atoms with Crippen molar-refractivity contribution >= 4 is 39.4 Å². The number of benzene rings is 3. The van der Waals surface area contributed by atoms with Crippen molar-refractivity contribution in [3.63, 3.8) is 0 Å². The van der Waals surface area contributed by atoms with E-state index in [1.807, 2.05) is 0 Å². The standard InChI is InChI=1S/C29H24BrF2N3O4/c30-20-8-4-7-19(14-20)27(37)33-23(13-17-11-21(31)15-22(32)12-17)29(39)34-10-9-24-26(34)25(36)16-35(24)28(38)18-5-2-1-3-6-18/h1-8,11-12,14-15,23-24,26H,9-10,13,16H2,(H,33,37)/t23?,24-,26+/m1/s1. The Morgan fingerprint density at radius 3 is 2.31 bits per heavy atom. The van der Waals surface area contributed by atoms with Gasteiger partial charge in [-0.25, -0.2) is 8.78 Å². The van der Waals surface area contributed by atoms with Crippen molar-refractivity contribution in [2.75, 3.05) is 13.1 Å². The van der Waals surface area contributed by atoms with E-state index in [-0.39, 0.29) is 42.3 Å². The SMILES string of the molecule is O=C(NC(Cc1cc(F)cc(F)c1)C(=O)N1CC[C@@H]2[C@H]1C(=O)CN2C(=O)c1ccccc1)c1cccc(Br)c1. The van der Waals surface area contributed by atoms with Gasteiger partial charge in [-0.3, -0.25) is 19.2 Å². The van der Waals surface area contributed by atoms with E-state index in [2.05, 4.69) is 21.2 Å². The molecule has 3 aromatic rings. The lowest BCUT2D eigenvalue weighted by molar-refractivity contribution is -0.138. The molecule has 2 heterocycles. The molecule has 0 aliphatic carbocycles. The van der Waals surface area contributed by atoms with Crippen LogP contribution in [0.15, 0.2) is 77.3 Å². The molecule has 0 spiro atoms. The molecule has 10 heteroatoms. The number of ketones is 1. The number of rotatable bonds is 6. The first-order valence-corrected chi connectivity index (χ1v) is 13.2. The number of carbonyl (C=O) groups is 4. The third kappa shape index (κ3) is 5.61. The molecule has 39 heavy (non-hydrogen) atoms. The number of amides is 3. The minimum Gasteiger partial charge on any atom is -0.340 e. The average Bonchev–Trinajstić information content (AvgIpc) is 3.48. The largest absolute Gasteiger partial charge is 0.340 e. The molecule has 3 aromatic carbocycles. The van der Waals surface area contributed by atoms with Gasteiger partial charge in [0.05, 0.1) is 12.6 Å². The van der Waals surface area contributed by atoms with Crippen LogP contribution in [-0.4, -0.2) is 64.5 Å². The quantitative estimate of drug-likeness (QED) is 0.470. The summed E-state index contributed by atoms with van der Waals surface area (Å²) in [6.45, 7) is 0.0657. The molecule has 3 atom stereocenters. The fraction of sp³-hybridized carbons (Fsp3) is 0.241. The third-order valence-electron chi connectivity index (χ3n) is 7.04. The zero-order chi connectivity index (χ0) is 27.7. The molecule has 7 nitrogen and oxygen atoms in total. The van der Waals surface area contributed by atoms with Gasteiger partial charge < -0.3 is 15.1 Å². The first kappa shape index (κ1) is 26.7. The topological polar surface area (TPSA) is 86.8 Å². The number of nitrogens with one attached hydrogen (secondary N) is 1. The summed E-state index contributed by atoms with van der Waals surface area (Å²) in [5, 5.41) is 2.69. The van der Waals surface area contributed by atoms with Crippen LogP contribution < -0.4 is 5.32 Å². The van der Waals surface area contributed by atoms with Crippen molar-refractivity contribution in [2.45, 2.75) is 31.0 Å². The van der Waals surface area contributed by atoms with E-state index >= 15 is 0 Å². The first-order chi connectivity index (χ1) is 18.7. The van der Waals surface area contributed by atoms with Crippen molar-refractivity contribution in [1.82, 2.24) is 15.1 Å². The fourth-order valence-corrected chi connectivity index (χ4v) is 5.72. The number of carbonyl (C=O) groups excluding carboxylic acids is 4. The highest BCUT2D eigenvalue weighted by molar-refractivity contribution is 9.10. The Hall–Kier alpha value is -3.92. The maximum atomic E-state index is 13.9. The van der Waals surface area contributed by atoms with Crippen molar-refractivity contribution in [3.05, 3.63) is 106 Å². The van der Waals surface area contributed by atoms with Crippen LogP contribution in [0.5, 0.6) is 0 Å². The Bertz CT molecular complexity index is 1430. The van der Waals surface area contributed by atoms with Crippen LogP contribution in [0.1, 0.15) is 32.7 Å². The van der Waals surface area contributed by atoms with Gasteiger partial charge in [-0.15, -0.1) is 0 Å². The molecule has 0 bridgehead atoms. The predicted molar refractivity (Wildman–Crippen MR) is 142 cm³/mol. The number of likely N-dealkylation sites (tertiary alicyclic amines) is 2. The smallest absolute Gasteiger partial charge is 0.254 e. The minimum atomic E-state index is -1.21. The summed E-state index contributed by atoms with van der Waals surface area (Å²) in [6.07, 6.45) is 0.198. The summed E-state index contributed by atoms with van der Waals surface area (Å²) in [7, 11) is 0. The Kier molecular flexibility index (Phi) is 7.56. The molecule has 2 aliphatic heterocycles. The molecular weight excluding hydrogens is 572 g/mol. The summed E-state index contributed by atoms with van der Waals surface area (Å²) in [6, 6.07) is 15.5. The van der Waals surface area contributed by atoms with Crippen LogP contribution in [0.25, 0.3) is 0 Å². The maximum absolute atomic E-state index is 13.9. The summed E-state index contributed by atoms with van der Waals surface area (Å²) in [5.74, 6) is -3.29. The second-order valence-electron chi connectivity index (χ2n) is 9.62. The average molecular weight is 596 g/mol. The molecule has 2 saturated heterocycles. The maximum Gasteiger partial charge on any atom is 0.254 e. The van der Waals surface area contributed by atoms with Crippen LogP contribution in [0.2, 0.25) is 0 Å². The number of fused-ring (bicyclic) bond motifs is 1. The molecule has 5 rings (SSSR count). The monoisotopic (exact) mass is 595 g/mol. The van der Waals surface area contributed by atoms with Crippen LogP contribution in [0.3, 0.4) is 0 Å². The predicted octanol–water partition coefficient (Wildman–Crippen LogP) is 3.76. The number of nitrogens with zero attached hydrogens (tertiary/aromatic N) is 2. The third-order valence-corrected chi connectivity index (χ3v) is 7.53. The zero-order valence-electron chi connectivity index (χ0n) is 20.6. The van der Waals surface area contributed by atoms with E-state index in [1.54, 1.807) is 54.6 Å². The molecule has 2 fully saturated rings. The number of hydrogen-bond acceptors (Lipinski definition) is 4. The van der Waals surface area contributed by atoms with Crippen molar-refractivity contribution in [3.8, 4) is 0 Å². The Balaban J connectivity index is 1.40. The molecule has 0 saturated carbocycles. The Morgan fingerprint density at radius 2 is 1.62 bits per heavy atom. The van der Waals surface area contributed by atoms with Gasteiger partial charge in [0.15, 0.2) is 5.78 Å². The van der Waals surface area contributed by atoms with Gasteiger partial charge in [-0.2, -0.15) is 0 Å². The van der Waals surface area contributed by atoms with E-state index in [0.29, 0.717) is 16.5 Å². The molecule has 1 N–H and O–H groups in total. The lowest BCUT2D eigenvalue weighted by atomic mass is 10.0. The van der Waals surface area contributed by atoms with Gasteiger partial charge in [-0.1, -0.05) is 40.2 Å². The second kappa shape index (κ2) is 11.1. The van der Waals surface area contributed by atoms with Crippen molar-refractivity contribution in [2.24, 2.45) is 0 Å². The molecule has 3 amide bonds. The zero-order valence-corrected chi connectivity index (χ0v) is 22.2. The molecule has 1 unspecified atom stereocenters. The molecule has 0 radical (unpaired) electrons.